The van der Waals surface area contributed by atoms with E-state index in [2.05, 4.69) is 40.3 Å². The summed E-state index contributed by atoms with van der Waals surface area (Å²) in [7, 11) is 0. The zero-order valence-electron chi connectivity index (χ0n) is 9.91. The number of rotatable bonds is 3. The Morgan fingerprint density at radius 3 is 3.18 bits per heavy atom. The predicted molar refractivity (Wildman–Crippen MR) is 76.0 cm³/mol. The third-order valence-electron chi connectivity index (χ3n) is 3.42. The molecule has 2 nitrogen and oxygen atoms in total. The molecule has 0 radical (unpaired) electrons. The van der Waals surface area contributed by atoms with Crippen molar-refractivity contribution in [1.29, 1.82) is 0 Å². The van der Waals surface area contributed by atoms with Gasteiger partial charge in [-0.3, -0.25) is 0 Å². The van der Waals surface area contributed by atoms with Crippen LogP contribution >= 0.6 is 11.3 Å². The number of hydrogen-bond acceptors (Lipinski definition) is 3. The van der Waals surface area contributed by atoms with E-state index in [1.807, 2.05) is 0 Å². The molecule has 90 valence electrons. The Hall–Kier alpha value is -1.06. The summed E-state index contributed by atoms with van der Waals surface area (Å²) >= 11 is 1.80. The highest BCUT2D eigenvalue weighted by Crippen LogP contribution is 2.24. The van der Waals surface area contributed by atoms with E-state index in [9.17, 15) is 0 Å². The van der Waals surface area contributed by atoms with Crippen LogP contribution in [0.3, 0.4) is 0 Å². The van der Waals surface area contributed by atoms with Crippen LogP contribution in [-0.4, -0.2) is 19.1 Å². The third-order valence-corrected chi connectivity index (χ3v) is 4.32. The van der Waals surface area contributed by atoms with Crippen LogP contribution in [0.2, 0.25) is 0 Å². The molecule has 1 saturated heterocycles. The summed E-state index contributed by atoms with van der Waals surface area (Å²) in [6.45, 7) is 2.21. The maximum absolute atomic E-state index is 3.56. The normalized spacial score (nSPS) is 20.6. The summed E-state index contributed by atoms with van der Waals surface area (Å²) in [5.41, 5.74) is 1.24. The molecule has 0 aliphatic carbocycles. The maximum Gasteiger partial charge on any atom is 0.0347 e. The van der Waals surface area contributed by atoms with E-state index in [1.165, 1.54) is 41.6 Å². The first-order chi connectivity index (χ1) is 8.42. The third kappa shape index (κ3) is 2.61. The fraction of sp³-hybridized carbons (Fsp3) is 0.429. The van der Waals surface area contributed by atoms with Crippen molar-refractivity contribution in [2.75, 3.05) is 18.4 Å². The molecule has 1 aromatic carbocycles. The van der Waals surface area contributed by atoms with Gasteiger partial charge in [-0.05, 0) is 54.4 Å². The van der Waals surface area contributed by atoms with Gasteiger partial charge in [0.1, 0.15) is 0 Å². The number of thiophene rings is 1. The summed E-state index contributed by atoms with van der Waals surface area (Å²) in [5.74, 6) is 0. The molecule has 1 aromatic heterocycles. The van der Waals surface area contributed by atoms with Crippen molar-refractivity contribution in [1.82, 2.24) is 5.32 Å². The fourth-order valence-corrected chi connectivity index (χ4v) is 3.19. The van der Waals surface area contributed by atoms with Crippen LogP contribution in [0.4, 0.5) is 5.69 Å². The van der Waals surface area contributed by atoms with Crippen molar-refractivity contribution in [3.63, 3.8) is 0 Å². The molecule has 0 spiro atoms. The molecule has 1 aliphatic rings. The summed E-state index contributed by atoms with van der Waals surface area (Å²) in [6.07, 6.45) is 3.99. The predicted octanol–water partition coefficient (Wildman–Crippen LogP) is 3.46. The van der Waals surface area contributed by atoms with Crippen molar-refractivity contribution in [3.8, 4) is 0 Å². The largest absolute Gasteiger partial charge is 0.383 e. The Morgan fingerprint density at radius 2 is 2.29 bits per heavy atom. The summed E-state index contributed by atoms with van der Waals surface area (Å²) in [6, 6.07) is 9.46. The van der Waals surface area contributed by atoms with Crippen LogP contribution in [-0.2, 0) is 0 Å². The van der Waals surface area contributed by atoms with Gasteiger partial charge in [0.25, 0.3) is 0 Å². The minimum atomic E-state index is 0.641. The zero-order valence-corrected chi connectivity index (χ0v) is 10.7. The van der Waals surface area contributed by atoms with E-state index >= 15 is 0 Å². The standard InChI is InChI=1S/C14H18N2S/c1-2-7-15-13(3-1)10-16-12-4-5-14-11(9-12)6-8-17-14/h4-6,8-9,13,15-16H,1-3,7,10H2. The molecule has 0 saturated carbocycles. The van der Waals surface area contributed by atoms with E-state index in [0.29, 0.717) is 6.04 Å². The van der Waals surface area contributed by atoms with E-state index < -0.39 is 0 Å². The van der Waals surface area contributed by atoms with Crippen LogP contribution in [0.15, 0.2) is 29.6 Å². The van der Waals surface area contributed by atoms with Crippen molar-refractivity contribution < 1.29 is 0 Å². The molecular formula is C14H18N2S. The number of piperidine rings is 1. The van der Waals surface area contributed by atoms with Crippen LogP contribution in [0.1, 0.15) is 19.3 Å². The topological polar surface area (TPSA) is 24.1 Å². The first-order valence-corrected chi connectivity index (χ1v) is 7.24. The lowest BCUT2D eigenvalue weighted by molar-refractivity contribution is 0.414. The van der Waals surface area contributed by atoms with E-state index in [0.717, 1.165) is 6.54 Å². The molecule has 1 unspecified atom stereocenters. The summed E-state index contributed by atoms with van der Waals surface area (Å²) in [4.78, 5) is 0. The lowest BCUT2D eigenvalue weighted by Gasteiger charge is -2.24. The van der Waals surface area contributed by atoms with Gasteiger partial charge in [0.15, 0.2) is 0 Å². The van der Waals surface area contributed by atoms with Gasteiger partial charge in [0.2, 0.25) is 0 Å². The summed E-state index contributed by atoms with van der Waals surface area (Å²) < 4.78 is 1.37. The molecule has 0 amide bonds. The van der Waals surface area contributed by atoms with Crippen LogP contribution < -0.4 is 10.6 Å². The number of hydrogen-bond donors (Lipinski definition) is 2. The maximum atomic E-state index is 3.56. The number of fused-ring (bicyclic) bond motifs is 1. The van der Waals surface area contributed by atoms with Gasteiger partial charge in [0, 0.05) is 23.0 Å². The van der Waals surface area contributed by atoms with Crippen molar-refractivity contribution in [2.24, 2.45) is 0 Å². The smallest absolute Gasteiger partial charge is 0.0347 e. The average molecular weight is 246 g/mol. The molecule has 3 heteroatoms. The second-order valence-electron chi connectivity index (χ2n) is 4.70. The highest BCUT2D eigenvalue weighted by Gasteiger charge is 2.11. The Balaban J connectivity index is 1.63. The van der Waals surface area contributed by atoms with Gasteiger partial charge >= 0.3 is 0 Å². The fourth-order valence-electron chi connectivity index (χ4n) is 2.42. The van der Waals surface area contributed by atoms with Crippen molar-refractivity contribution >= 4 is 27.1 Å². The Bertz CT molecular complexity index is 486. The molecule has 1 fully saturated rings. The van der Waals surface area contributed by atoms with Gasteiger partial charge in [-0.25, -0.2) is 0 Å². The van der Waals surface area contributed by atoms with Crippen LogP contribution in [0.25, 0.3) is 10.1 Å². The molecule has 17 heavy (non-hydrogen) atoms. The van der Waals surface area contributed by atoms with E-state index in [-0.39, 0.29) is 0 Å². The molecule has 2 N–H and O–H groups in total. The first kappa shape index (κ1) is 11.1. The number of anilines is 1. The highest BCUT2D eigenvalue weighted by molar-refractivity contribution is 7.17. The SMILES string of the molecule is c1cc2cc(NCC3CCCCN3)ccc2s1. The molecule has 0 bridgehead atoms. The van der Waals surface area contributed by atoms with E-state index in [4.69, 9.17) is 0 Å². The minimum Gasteiger partial charge on any atom is -0.383 e. The van der Waals surface area contributed by atoms with Crippen LogP contribution in [0, 0.1) is 0 Å². The lowest BCUT2D eigenvalue weighted by atomic mass is 10.1. The van der Waals surface area contributed by atoms with Crippen molar-refractivity contribution in [2.45, 2.75) is 25.3 Å². The quantitative estimate of drug-likeness (QED) is 0.866. The molecule has 3 rings (SSSR count). The average Bonchev–Trinajstić information content (AvgIpc) is 2.85. The van der Waals surface area contributed by atoms with E-state index in [1.54, 1.807) is 11.3 Å². The number of nitrogens with one attached hydrogen (secondary N) is 2. The number of benzene rings is 1. The molecule has 1 aliphatic heterocycles. The Morgan fingerprint density at radius 1 is 1.29 bits per heavy atom. The second-order valence-corrected chi connectivity index (χ2v) is 5.65. The van der Waals surface area contributed by atoms with Gasteiger partial charge in [-0.15, -0.1) is 11.3 Å². The van der Waals surface area contributed by atoms with Gasteiger partial charge in [-0.1, -0.05) is 6.42 Å². The van der Waals surface area contributed by atoms with Crippen molar-refractivity contribution in [3.05, 3.63) is 29.6 Å². The zero-order chi connectivity index (χ0) is 11.5. The van der Waals surface area contributed by atoms with Gasteiger partial charge in [-0.2, -0.15) is 0 Å². The van der Waals surface area contributed by atoms with Gasteiger partial charge < -0.3 is 10.6 Å². The Labute approximate surface area is 106 Å². The summed E-state index contributed by atoms with van der Waals surface area (Å²) in [5, 5.41) is 10.6. The molecule has 2 heterocycles. The molecule has 1 atom stereocenters. The Kier molecular flexibility index (Phi) is 3.29. The monoisotopic (exact) mass is 246 g/mol. The van der Waals surface area contributed by atoms with Gasteiger partial charge in [0.05, 0.1) is 0 Å². The second kappa shape index (κ2) is 5.07. The highest BCUT2D eigenvalue weighted by atomic mass is 32.1. The first-order valence-electron chi connectivity index (χ1n) is 6.36. The minimum absolute atomic E-state index is 0.641. The molecular weight excluding hydrogens is 228 g/mol. The van der Waals surface area contributed by atoms with Crippen LogP contribution in [0.5, 0.6) is 0 Å². The lowest BCUT2D eigenvalue weighted by Crippen LogP contribution is -2.39. The molecule has 2 aromatic rings.